The lowest BCUT2D eigenvalue weighted by atomic mass is 10.2. The van der Waals surface area contributed by atoms with Gasteiger partial charge < -0.3 is 24.4 Å². The minimum atomic E-state index is -1.62. The van der Waals surface area contributed by atoms with Crippen LogP contribution in [-0.2, 0) is 14.2 Å². The molecule has 0 aliphatic heterocycles. The van der Waals surface area contributed by atoms with Crippen molar-refractivity contribution in [1.82, 2.24) is 0 Å². The predicted molar refractivity (Wildman–Crippen MR) is 64.5 cm³/mol. The first-order valence-electron chi connectivity index (χ1n) is 6.05. The molecule has 5 nitrogen and oxygen atoms in total. The van der Waals surface area contributed by atoms with Gasteiger partial charge in [-0.2, -0.15) is 0 Å². The fourth-order valence-electron chi connectivity index (χ4n) is 1.42. The van der Waals surface area contributed by atoms with Gasteiger partial charge in [0.2, 0.25) is 0 Å². The van der Waals surface area contributed by atoms with Gasteiger partial charge in [-0.3, -0.25) is 0 Å². The monoisotopic (exact) mass is 250 g/mol. The molecule has 0 bridgehead atoms. The van der Waals surface area contributed by atoms with Gasteiger partial charge in [0, 0.05) is 0 Å². The van der Waals surface area contributed by atoms with E-state index in [-0.39, 0.29) is 18.3 Å². The molecule has 0 aromatic rings. The first kappa shape index (κ1) is 16.8. The Labute approximate surface area is 104 Å². The van der Waals surface area contributed by atoms with E-state index in [1.165, 1.54) is 0 Å². The fourth-order valence-corrected chi connectivity index (χ4v) is 1.42. The third kappa shape index (κ3) is 5.79. The summed E-state index contributed by atoms with van der Waals surface area (Å²) >= 11 is 0. The molecule has 0 aromatic carbocycles. The molecule has 104 valence electrons. The summed E-state index contributed by atoms with van der Waals surface area (Å²) in [4.78, 5) is 0. The van der Waals surface area contributed by atoms with Crippen molar-refractivity contribution in [2.75, 3.05) is 6.61 Å². The molecule has 17 heavy (non-hydrogen) atoms. The smallest absolute Gasteiger partial charge is 0.313 e. The van der Waals surface area contributed by atoms with E-state index < -0.39 is 18.7 Å². The SMILES string of the molecule is CC(C)OC(OC(C)C)(OC(C)C)C(O)CO. The van der Waals surface area contributed by atoms with E-state index in [0.29, 0.717) is 0 Å². The molecule has 1 atom stereocenters. The minimum Gasteiger partial charge on any atom is -0.393 e. The third-order valence-electron chi connectivity index (χ3n) is 1.78. The van der Waals surface area contributed by atoms with Gasteiger partial charge in [-0.05, 0) is 41.5 Å². The molecular formula is C12H26O5. The van der Waals surface area contributed by atoms with Crippen LogP contribution in [0, 0.1) is 0 Å². The van der Waals surface area contributed by atoms with Crippen LogP contribution in [-0.4, -0.2) is 47.2 Å². The number of hydrogen-bond donors (Lipinski definition) is 2. The Morgan fingerprint density at radius 2 is 1.12 bits per heavy atom. The fraction of sp³-hybridized carbons (Fsp3) is 1.00. The van der Waals surface area contributed by atoms with Crippen LogP contribution in [0.2, 0.25) is 0 Å². The van der Waals surface area contributed by atoms with Crippen molar-refractivity contribution in [3.05, 3.63) is 0 Å². The van der Waals surface area contributed by atoms with Crippen LogP contribution in [0.5, 0.6) is 0 Å². The second kappa shape index (κ2) is 7.28. The number of aliphatic hydroxyl groups is 2. The van der Waals surface area contributed by atoms with E-state index in [9.17, 15) is 5.11 Å². The quantitative estimate of drug-likeness (QED) is 0.635. The largest absolute Gasteiger partial charge is 0.393 e. The Hall–Kier alpha value is -0.200. The maximum atomic E-state index is 9.89. The Bertz CT molecular complexity index is 177. The molecule has 0 aromatic heterocycles. The Morgan fingerprint density at radius 3 is 1.29 bits per heavy atom. The second-order valence-electron chi connectivity index (χ2n) is 4.80. The van der Waals surface area contributed by atoms with Crippen LogP contribution in [0.4, 0.5) is 0 Å². The van der Waals surface area contributed by atoms with E-state index in [1.54, 1.807) is 0 Å². The van der Waals surface area contributed by atoms with Crippen molar-refractivity contribution >= 4 is 0 Å². The number of ether oxygens (including phenoxy) is 3. The lowest BCUT2D eigenvalue weighted by Crippen LogP contribution is -2.55. The van der Waals surface area contributed by atoms with Gasteiger partial charge in [0.05, 0.1) is 24.9 Å². The van der Waals surface area contributed by atoms with Crippen LogP contribution in [0.25, 0.3) is 0 Å². The zero-order chi connectivity index (χ0) is 13.6. The van der Waals surface area contributed by atoms with Gasteiger partial charge in [0.25, 0.3) is 0 Å². The van der Waals surface area contributed by atoms with Crippen LogP contribution >= 0.6 is 0 Å². The predicted octanol–water partition coefficient (Wildman–Crippen LogP) is 1.27. The number of aliphatic hydroxyl groups excluding tert-OH is 2. The van der Waals surface area contributed by atoms with E-state index in [1.807, 2.05) is 41.5 Å². The maximum absolute atomic E-state index is 9.89. The second-order valence-corrected chi connectivity index (χ2v) is 4.80. The van der Waals surface area contributed by atoms with Crippen LogP contribution in [0.1, 0.15) is 41.5 Å². The first-order valence-corrected chi connectivity index (χ1v) is 6.05. The summed E-state index contributed by atoms with van der Waals surface area (Å²) in [5.74, 6) is -1.62. The highest BCUT2D eigenvalue weighted by molar-refractivity contribution is 4.72. The van der Waals surface area contributed by atoms with Gasteiger partial charge in [-0.25, -0.2) is 0 Å². The van der Waals surface area contributed by atoms with Gasteiger partial charge in [0.15, 0.2) is 6.10 Å². The summed E-state index contributed by atoms with van der Waals surface area (Å²) in [5, 5.41) is 19.0. The van der Waals surface area contributed by atoms with Gasteiger partial charge >= 0.3 is 5.97 Å². The average molecular weight is 250 g/mol. The topological polar surface area (TPSA) is 68.2 Å². The standard InChI is InChI=1S/C12H26O5/c1-8(2)15-12(11(14)7-13,16-9(3)4)17-10(5)6/h8-11,13-14H,7H2,1-6H3. The summed E-state index contributed by atoms with van der Waals surface area (Å²) in [6.07, 6.45) is -1.86. The minimum absolute atomic E-state index is 0.200. The molecule has 5 heteroatoms. The van der Waals surface area contributed by atoms with Crippen LogP contribution < -0.4 is 0 Å². The van der Waals surface area contributed by atoms with Gasteiger partial charge in [-0.1, -0.05) is 0 Å². The summed E-state index contributed by atoms with van der Waals surface area (Å²) in [6.45, 7) is 10.4. The Morgan fingerprint density at radius 1 is 0.824 bits per heavy atom. The molecule has 0 fully saturated rings. The Balaban J connectivity index is 5.04. The van der Waals surface area contributed by atoms with Crippen molar-refractivity contribution in [2.24, 2.45) is 0 Å². The molecule has 0 heterocycles. The highest BCUT2D eigenvalue weighted by atomic mass is 16.9. The molecule has 0 aliphatic carbocycles. The summed E-state index contributed by atoms with van der Waals surface area (Å²) in [5.41, 5.74) is 0. The zero-order valence-electron chi connectivity index (χ0n) is 11.6. The number of hydrogen-bond acceptors (Lipinski definition) is 5. The molecule has 0 rings (SSSR count). The van der Waals surface area contributed by atoms with Crippen LogP contribution in [0.15, 0.2) is 0 Å². The van der Waals surface area contributed by atoms with Crippen molar-refractivity contribution in [1.29, 1.82) is 0 Å². The van der Waals surface area contributed by atoms with Crippen molar-refractivity contribution in [2.45, 2.75) is 71.9 Å². The zero-order valence-corrected chi connectivity index (χ0v) is 11.6. The average Bonchev–Trinajstić information content (AvgIpc) is 2.12. The molecule has 0 saturated heterocycles. The van der Waals surface area contributed by atoms with Crippen molar-refractivity contribution < 1.29 is 24.4 Å². The molecule has 2 N–H and O–H groups in total. The molecule has 0 saturated carbocycles. The normalized spacial score (nSPS) is 15.0. The van der Waals surface area contributed by atoms with Gasteiger partial charge in [-0.15, -0.1) is 0 Å². The third-order valence-corrected chi connectivity index (χ3v) is 1.78. The molecule has 0 aliphatic rings. The lowest BCUT2D eigenvalue weighted by molar-refractivity contribution is -0.440. The van der Waals surface area contributed by atoms with E-state index in [4.69, 9.17) is 19.3 Å². The summed E-state index contributed by atoms with van der Waals surface area (Å²) in [7, 11) is 0. The number of rotatable bonds is 8. The highest BCUT2D eigenvalue weighted by Gasteiger charge is 2.44. The van der Waals surface area contributed by atoms with E-state index >= 15 is 0 Å². The Kier molecular flexibility index (Phi) is 7.20. The van der Waals surface area contributed by atoms with Gasteiger partial charge in [0.1, 0.15) is 0 Å². The molecular weight excluding hydrogens is 224 g/mol. The molecule has 0 spiro atoms. The molecule has 0 amide bonds. The highest BCUT2D eigenvalue weighted by Crippen LogP contribution is 2.26. The van der Waals surface area contributed by atoms with Crippen LogP contribution in [0.3, 0.4) is 0 Å². The first-order chi connectivity index (χ1) is 7.73. The molecule has 0 radical (unpaired) electrons. The van der Waals surface area contributed by atoms with E-state index in [2.05, 4.69) is 0 Å². The van der Waals surface area contributed by atoms with Crippen molar-refractivity contribution in [3.8, 4) is 0 Å². The van der Waals surface area contributed by atoms with E-state index in [0.717, 1.165) is 0 Å². The lowest BCUT2D eigenvalue weighted by Gasteiger charge is -2.40. The summed E-state index contributed by atoms with van der Waals surface area (Å²) in [6, 6.07) is 0. The maximum Gasteiger partial charge on any atom is 0.313 e. The molecule has 1 unspecified atom stereocenters. The van der Waals surface area contributed by atoms with Crippen molar-refractivity contribution in [3.63, 3.8) is 0 Å². The summed E-state index contributed by atoms with van der Waals surface area (Å²) < 4.78 is 16.7.